The van der Waals surface area contributed by atoms with Crippen LogP contribution in [-0.2, 0) is 20.8 Å². The molecule has 0 aliphatic carbocycles. The molecule has 0 saturated carbocycles. The van der Waals surface area contributed by atoms with Crippen molar-refractivity contribution in [1.29, 1.82) is 0 Å². The molecule has 0 atom stereocenters. The Balaban J connectivity index is 1.50. The van der Waals surface area contributed by atoms with E-state index in [1.165, 1.54) is 6.92 Å². The Hall–Kier alpha value is -4.26. The molecule has 0 spiro atoms. The van der Waals surface area contributed by atoms with E-state index in [-0.39, 0.29) is 30.6 Å². The van der Waals surface area contributed by atoms with Crippen molar-refractivity contribution >= 4 is 34.8 Å². The Morgan fingerprint density at radius 3 is 1.91 bits per heavy atom. The van der Waals surface area contributed by atoms with Gasteiger partial charge in [0.2, 0.25) is 17.7 Å². The van der Waals surface area contributed by atoms with Crippen molar-refractivity contribution in [3.63, 3.8) is 0 Å². The second-order valence-electron chi connectivity index (χ2n) is 7.57. The van der Waals surface area contributed by atoms with Gasteiger partial charge in [0, 0.05) is 12.6 Å². The molecule has 0 aliphatic heterocycles. The lowest BCUT2D eigenvalue weighted by Crippen LogP contribution is -2.23. The Morgan fingerprint density at radius 1 is 0.697 bits per heavy atom. The van der Waals surface area contributed by atoms with Gasteiger partial charge in [-0.2, -0.15) is 5.10 Å². The zero-order valence-corrected chi connectivity index (χ0v) is 18.6. The third-order valence-electron chi connectivity index (χ3n) is 4.73. The van der Waals surface area contributed by atoms with Crippen LogP contribution in [0.2, 0.25) is 0 Å². The number of benzene rings is 3. The van der Waals surface area contributed by atoms with Gasteiger partial charge in [-0.1, -0.05) is 66.7 Å². The van der Waals surface area contributed by atoms with Gasteiger partial charge in [-0.3, -0.25) is 14.4 Å². The van der Waals surface area contributed by atoms with Gasteiger partial charge in [-0.05, 0) is 35.7 Å². The zero-order chi connectivity index (χ0) is 23.6. The Kier molecular flexibility index (Phi) is 8.07. The number of para-hydroxylation sites is 2. The second kappa shape index (κ2) is 11.4. The fraction of sp³-hybridized carbons (Fsp3) is 0.154. The molecule has 0 aromatic heterocycles. The van der Waals surface area contributed by atoms with Gasteiger partial charge in [0.25, 0.3) is 0 Å². The van der Waals surface area contributed by atoms with E-state index < -0.39 is 0 Å². The molecule has 0 radical (unpaired) electrons. The molecule has 33 heavy (non-hydrogen) atoms. The highest BCUT2D eigenvalue weighted by Gasteiger charge is 2.10. The average Bonchev–Trinajstić information content (AvgIpc) is 2.80. The van der Waals surface area contributed by atoms with Crippen molar-refractivity contribution in [2.24, 2.45) is 5.10 Å². The van der Waals surface area contributed by atoms with Gasteiger partial charge in [-0.25, -0.2) is 5.43 Å². The zero-order valence-electron chi connectivity index (χ0n) is 18.6. The second-order valence-corrected chi connectivity index (χ2v) is 7.57. The van der Waals surface area contributed by atoms with E-state index in [2.05, 4.69) is 21.2 Å². The third kappa shape index (κ3) is 7.43. The predicted molar refractivity (Wildman–Crippen MR) is 131 cm³/mol. The van der Waals surface area contributed by atoms with E-state index in [0.29, 0.717) is 17.1 Å². The number of nitrogens with one attached hydrogen (secondary N) is 3. The molecule has 0 saturated heterocycles. The molecular formula is C26H26N4O3. The molecule has 0 unspecified atom stereocenters. The molecule has 0 heterocycles. The van der Waals surface area contributed by atoms with Crippen molar-refractivity contribution in [1.82, 2.24) is 5.43 Å². The van der Waals surface area contributed by atoms with Crippen LogP contribution in [0.15, 0.2) is 84.0 Å². The van der Waals surface area contributed by atoms with E-state index in [4.69, 9.17) is 0 Å². The lowest BCUT2D eigenvalue weighted by molar-refractivity contribution is -0.120. The SMILES string of the molecule is CC(=O)Nc1ccccc1NC(=O)CC(C)=NNC(=O)Cc1ccc(-c2ccccc2)cc1. The van der Waals surface area contributed by atoms with E-state index in [9.17, 15) is 14.4 Å². The highest BCUT2D eigenvalue weighted by atomic mass is 16.2. The third-order valence-corrected chi connectivity index (χ3v) is 4.73. The fourth-order valence-electron chi connectivity index (χ4n) is 3.19. The van der Waals surface area contributed by atoms with E-state index >= 15 is 0 Å². The molecule has 0 fully saturated rings. The van der Waals surface area contributed by atoms with Crippen LogP contribution < -0.4 is 16.1 Å². The standard InChI is InChI=1S/C26H26N4O3/c1-18(16-25(32)28-24-11-7-6-10-23(24)27-19(2)31)29-30-26(33)17-20-12-14-22(15-13-20)21-8-4-3-5-9-21/h3-15H,16-17H2,1-2H3,(H,27,31)(H,28,32)(H,30,33). The molecular weight excluding hydrogens is 416 g/mol. The molecule has 3 aromatic rings. The van der Waals surface area contributed by atoms with Crippen molar-refractivity contribution in [2.45, 2.75) is 26.7 Å². The molecule has 0 bridgehead atoms. The first-order chi connectivity index (χ1) is 15.9. The summed E-state index contributed by atoms with van der Waals surface area (Å²) in [6, 6.07) is 24.7. The maximum Gasteiger partial charge on any atom is 0.244 e. The number of carbonyl (C=O) groups is 3. The summed E-state index contributed by atoms with van der Waals surface area (Å²) in [6.07, 6.45) is 0.183. The summed E-state index contributed by atoms with van der Waals surface area (Å²) < 4.78 is 0. The van der Waals surface area contributed by atoms with Crippen molar-refractivity contribution in [2.75, 3.05) is 10.6 Å². The largest absolute Gasteiger partial charge is 0.325 e. The van der Waals surface area contributed by atoms with E-state index in [1.54, 1.807) is 31.2 Å². The lowest BCUT2D eigenvalue weighted by atomic mass is 10.0. The highest BCUT2D eigenvalue weighted by Crippen LogP contribution is 2.21. The first-order valence-electron chi connectivity index (χ1n) is 10.5. The first-order valence-corrected chi connectivity index (χ1v) is 10.5. The number of rotatable bonds is 8. The van der Waals surface area contributed by atoms with E-state index in [0.717, 1.165) is 16.7 Å². The van der Waals surface area contributed by atoms with Gasteiger partial charge in [0.05, 0.1) is 24.2 Å². The minimum absolute atomic E-state index is 0.000455. The first kappa shape index (κ1) is 23.4. The van der Waals surface area contributed by atoms with Gasteiger partial charge in [-0.15, -0.1) is 0 Å². The smallest absolute Gasteiger partial charge is 0.244 e. The van der Waals surface area contributed by atoms with Crippen LogP contribution >= 0.6 is 0 Å². The fourth-order valence-corrected chi connectivity index (χ4v) is 3.19. The van der Waals surface area contributed by atoms with Crippen LogP contribution in [0.3, 0.4) is 0 Å². The molecule has 3 amide bonds. The summed E-state index contributed by atoms with van der Waals surface area (Å²) >= 11 is 0. The maximum absolute atomic E-state index is 12.3. The predicted octanol–water partition coefficient (Wildman–Crippen LogP) is 4.38. The minimum Gasteiger partial charge on any atom is -0.325 e. The quantitative estimate of drug-likeness (QED) is 0.357. The summed E-state index contributed by atoms with van der Waals surface area (Å²) in [5.41, 5.74) is 7.03. The van der Waals surface area contributed by atoms with Crippen LogP contribution in [0.4, 0.5) is 11.4 Å². The summed E-state index contributed by atoms with van der Waals surface area (Å²) in [5.74, 6) is -0.801. The van der Waals surface area contributed by atoms with Crippen LogP contribution in [0.25, 0.3) is 11.1 Å². The molecule has 7 heteroatoms. The van der Waals surface area contributed by atoms with Crippen LogP contribution in [0.5, 0.6) is 0 Å². The van der Waals surface area contributed by atoms with Crippen LogP contribution in [0, 0.1) is 0 Å². The number of amides is 3. The van der Waals surface area contributed by atoms with Gasteiger partial charge in [0.15, 0.2) is 0 Å². The van der Waals surface area contributed by atoms with Crippen molar-refractivity contribution in [3.05, 3.63) is 84.4 Å². The summed E-state index contributed by atoms with van der Waals surface area (Å²) in [4.78, 5) is 35.9. The molecule has 0 aliphatic rings. The molecule has 3 N–H and O–H groups in total. The average molecular weight is 443 g/mol. The number of hydrogen-bond acceptors (Lipinski definition) is 4. The maximum atomic E-state index is 12.3. The van der Waals surface area contributed by atoms with Gasteiger partial charge in [0.1, 0.15) is 0 Å². The summed E-state index contributed by atoms with van der Waals surface area (Å²) in [6.45, 7) is 3.06. The van der Waals surface area contributed by atoms with Gasteiger partial charge >= 0.3 is 0 Å². The van der Waals surface area contributed by atoms with Crippen molar-refractivity contribution < 1.29 is 14.4 Å². The number of hydrazone groups is 1. The Morgan fingerprint density at radius 2 is 1.27 bits per heavy atom. The molecule has 168 valence electrons. The number of nitrogens with zero attached hydrogens (tertiary/aromatic N) is 1. The monoisotopic (exact) mass is 442 g/mol. The van der Waals surface area contributed by atoms with Crippen LogP contribution in [0.1, 0.15) is 25.8 Å². The topological polar surface area (TPSA) is 99.7 Å². The molecule has 7 nitrogen and oxygen atoms in total. The Labute approximate surface area is 192 Å². The highest BCUT2D eigenvalue weighted by molar-refractivity contribution is 6.07. The lowest BCUT2D eigenvalue weighted by Gasteiger charge is -2.11. The molecule has 3 rings (SSSR count). The summed E-state index contributed by atoms with van der Waals surface area (Å²) in [7, 11) is 0. The van der Waals surface area contributed by atoms with Crippen LogP contribution in [-0.4, -0.2) is 23.4 Å². The number of hydrogen-bond donors (Lipinski definition) is 3. The number of carbonyl (C=O) groups excluding carboxylic acids is 3. The number of anilines is 2. The van der Waals surface area contributed by atoms with Crippen molar-refractivity contribution in [3.8, 4) is 11.1 Å². The molecule has 3 aromatic carbocycles. The van der Waals surface area contributed by atoms with E-state index in [1.807, 2.05) is 54.6 Å². The normalized spacial score (nSPS) is 10.9. The van der Waals surface area contributed by atoms with Gasteiger partial charge < -0.3 is 10.6 Å². The Bertz CT molecular complexity index is 1160. The minimum atomic E-state index is -0.306. The summed E-state index contributed by atoms with van der Waals surface area (Å²) in [5, 5.41) is 9.44.